The van der Waals surface area contributed by atoms with Crippen molar-refractivity contribution in [1.29, 1.82) is 0 Å². The molecule has 1 aromatic heterocycles. The van der Waals surface area contributed by atoms with Gasteiger partial charge in [-0.1, -0.05) is 19.1 Å². The molecule has 0 fully saturated rings. The van der Waals surface area contributed by atoms with Crippen molar-refractivity contribution >= 4 is 17.4 Å². The van der Waals surface area contributed by atoms with Crippen molar-refractivity contribution in [1.82, 2.24) is 4.98 Å². The molecule has 24 heavy (non-hydrogen) atoms. The van der Waals surface area contributed by atoms with Gasteiger partial charge in [-0.15, -0.1) is 0 Å². The Kier molecular flexibility index (Phi) is 4.64. The van der Waals surface area contributed by atoms with Crippen LogP contribution in [0.15, 0.2) is 30.3 Å². The summed E-state index contributed by atoms with van der Waals surface area (Å²) in [5.41, 5.74) is 2.60. The van der Waals surface area contributed by atoms with E-state index in [1.54, 1.807) is 19.1 Å². The molecule has 1 unspecified atom stereocenters. The maximum Gasteiger partial charge on any atom is 0.239 e. The quantitative estimate of drug-likeness (QED) is 0.903. The van der Waals surface area contributed by atoms with Crippen LogP contribution in [0.5, 0.6) is 5.88 Å². The summed E-state index contributed by atoms with van der Waals surface area (Å²) in [5, 5.41) is 6.15. The lowest BCUT2D eigenvalue weighted by Crippen LogP contribution is -2.29. The van der Waals surface area contributed by atoms with Crippen LogP contribution in [-0.2, 0) is 11.2 Å². The van der Waals surface area contributed by atoms with Crippen molar-refractivity contribution < 1.29 is 13.9 Å². The van der Waals surface area contributed by atoms with Gasteiger partial charge in [0.25, 0.3) is 0 Å². The summed E-state index contributed by atoms with van der Waals surface area (Å²) in [4.78, 5) is 16.3. The molecular weight excluding hydrogens is 309 g/mol. The largest absolute Gasteiger partial charge is 0.474 e. The molecule has 2 aromatic rings. The number of pyridine rings is 1. The molecule has 126 valence electrons. The third-order valence-corrected chi connectivity index (χ3v) is 3.83. The monoisotopic (exact) mass is 329 g/mol. The number of hydrogen-bond acceptors (Lipinski definition) is 4. The van der Waals surface area contributed by atoms with E-state index in [0.29, 0.717) is 31.1 Å². The van der Waals surface area contributed by atoms with Crippen molar-refractivity contribution in [3.05, 3.63) is 47.3 Å². The number of aromatic nitrogens is 1. The zero-order valence-corrected chi connectivity index (χ0v) is 13.7. The van der Waals surface area contributed by atoms with Gasteiger partial charge < -0.3 is 15.4 Å². The molecule has 0 saturated carbocycles. The number of rotatable bonds is 4. The highest BCUT2D eigenvalue weighted by atomic mass is 19.1. The summed E-state index contributed by atoms with van der Waals surface area (Å²) in [7, 11) is 0. The van der Waals surface area contributed by atoms with E-state index in [1.807, 2.05) is 13.0 Å². The van der Waals surface area contributed by atoms with E-state index in [-0.39, 0.29) is 17.8 Å². The summed E-state index contributed by atoms with van der Waals surface area (Å²) in [6, 6.07) is 8.43. The Morgan fingerprint density at radius 1 is 1.42 bits per heavy atom. The van der Waals surface area contributed by atoms with Crippen LogP contribution in [-0.4, -0.2) is 23.5 Å². The molecule has 0 saturated heterocycles. The first-order valence-corrected chi connectivity index (χ1v) is 8.02. The van der Waals surface area contributed by atoms with Gasteiger partial charge in [-0.25, -0.2) is 4.39 Å². The maximum atomic E-state index is 13.1. The molecule has 0 spiro atoms. The molecule has 0 aliphatic carbocycles. The number of fused-ring (bicyclic) bond motifs is 1. The van der Waals surface area contributed by atoms with E-state index in [2.05, 4.69) is 15.6 Å². The zero-order chi connectivity index (χ0) is 17.1. The van der Waals surface area contributed by atoms with Crippen LogP contribution in [0.1, 0.15) is 31.4 Å². The highest BCUT2D eigenvalue weighted by Crippen LogP contribution is 2.32. The summed E-state index contributed by atoms with van der Waals surface area (Å²) in [5.74, 6) is 0.592. The second-order valence-corrected chi connectivity index (χ2v) is 5.91. The Morgan fingerprint density at radius 2 is 2.17 bits per heavy atom. The topological polar surface area (TPSA) is 63.2 Å². The fourth-order valence-corrected chi connectivity index (χ4v) is 2.55. The van der Waals surface area contributed by atoms with Crippen molar-refractivity contribution in [3.63, 3.8) is 0 Å². The van der Waals surface area contributed by atoms with E-state index < -0.39 is 0 Å². The van der Waals surface area contributed by atoms with Gasteiger partial charge in [0.2, 0.25) is 11.8 Å². The Labute approximate surface area is 140 Å². The molecule has 2 heterocycles. The molecule has 3 rings (SSSR count). The van der Waals surface area contributed by atoms with Crippen LogP contribution in [0, 0.1) is 5.82 Å². The molecule has 1 aliphatic rings. The van der Waals surface area contributed by atoms with Gasteiger partial charge >= 0.3 is 0 Å². The van der Waals surface area contributed by atoms with Crippen LogP contribution >= 0.6 is 0 Å². The molecule has 1 aromatic carbocycles. The minimum Gasteiger partial charge on any atom is -0.474 e. The molecular formula is C18H20FN3O2. The molecule has 5 nitrogen and oxygen atoms in total. The Hall–Kier alpha value is -2.63. The molecule has 1 atom stereocenters. The summed E-state index contributed by atoms with van der Waals surface area (Å²) in [6.45, 7) is 4.33. The Morgan fingerprint density at radius 3 is 2.88 bits per heavy atom. The Balaban J connectivity index is 1.95. The zero-order valence-electron chi connectivity index (χ0n) is 13.7. The average molecular weight is 329 g/mol. The molecule has 6 heteroatoms. The van der Waals surface area contributed by atoms with Gasteiger partial charge in [0.15, 0.2) is 0 Å². The molecule has 0 radical (unpaired) electrons. The maximum absolute atomic E-state index is 13.1. The van der Waals surface area contributed by atoms with E-state index in [1.165, 1.54) is 12.1 Å². The second kappa shape index (κ2) is 6.86. The number of nitrogens with one attached hydrogen (secondary N) is 2. The summed E-state index contributed by atoms with van der Waals surface area (Å²) < 4.78 is 18.7. The number of anilines is 2. The standard InChI is InChI=1S/C18H20FN3O2/c1-3-16(23)21-17-13(8-12-4-6-14(19)7-5-12)9-15-18(22-17)24-10-11(2)20-15/h4-7,9,11,20H,3,8,10H2,1-2H3,(H,21,22,23). The lowest BCUT2D eigenvalue weighted by Gasteiger charge is -2.25. The number of hydrogen-bond donors (Lipinski definition) is 2. The van der Waals surface area contributed by atoms with Gasteiger partial charge in [-0.2, -0.15) is 4.98 Å². The Bertz CT molecular complexity index is 747. The molecule has 2 N–H and O–H groups in total. The number of carbonyl (C=O) groups is 1. The lowest BCUT2D eigenvalue weighted by molar-refractivity contribution is -0.115. The van der Waals surface area contributed by atoms with Crippen LogP contribution < -0.4 is 15.4 Å². The van der Waals surface area contributed by atoms with E-state index in [9.17, 15) is 9.18 Å². The minimum atomic E-state index is -0.272. The summed E-state index contributed by atoms with van der Waals surface area (Å²) >= 11 is 0. The third-order valence-electron chi connectivity index (χ3n) is 3.83. The van der Waals surface area contributed by atoms with E-state index in [4.69, 9.17) is 4.74 Å². The predicted molar refractivity (Wildman–Crippen MR) is 90.9 cm³/mol. The number of amides is 1. The second-order valence-electron chi connectivity index (χ2n) is 5.91. The predicted octanol–water partition coefficient (Wildman–Crippen LogP) is 3.35. The first-order chi connectivity index (χ1) is 11.5. The van der Waals surface area contributed by atoms with Crippen molar-refractivity contribution in [2.24, 2.45) is 0 Å². The van der Waals surface area contributed by atoms with Crippen molar-refractivity contribution in [2.45, 2.75) is 32.7 Å². The highest BCUT2D eigenvalue weighted by Gasteiger charge is 2.20. The van der Waals surface area contributed by atoms with Gasteiger partial charge in [0.05, 0.1) is 11.7 Å². The molecule has 0 bridgehead atoms. The summed E-state index contributed by atoms with van der Waals surface area (Å²) in [6.07, 6.45) is 0.904. The number of carbonyl (C=O) groups excluding carboxylic acids is 1. The number of nitrogens with zero attached hydrogens (tertiary/aromatic N) is 1. The molecule has 1 aliphatic heterocycles. The number of benzene rings is 1. The van der Waals surface area contributed by atoms with Crippen molar-refractivity contribution in [2.75, 3.05) is 17.2 Å². The molecule has 1 amide bonds. The van der Waals surface area contributed by atoms with E-state index >= 15 is 0 Å². The smallest absolute Gasteiger partial charge is 0.239 e. The lowest BCUT2D eigenvalue weighted by atomic mass is 10.0. The first-order valence-electron chi connectivity index (χ1n) is 8.02. The van der Waals surface area contributed by atoms with Gasteiger partial charge in [0, 0.05) is 18.4 Å². The number of ether oxygens (including phenoxy) is 1. The van der Waals surface area contributed by atoms with Gasteiger partial charge in [-0.05, 0) is 30.7 Å². The van der Waals surface area contributed by atoms with E-state index in [0.717, 1.165) is 16.8 Å². The van der Waals surface area contributed by atoms with Crippen molar-refractivity contribution in [3.8, 4) is 5.88 Å². The average Bonchev–Trinajstić information content (AvgIpc) is 2.57. The minimum absolute atomic E-state index is 0.111. The van der Waals surface area contributed by atoms with Gasteiger partial charge in [-0.3, -0.25) is 4.79 Å². The van der Waals surface area contributed by atoms with Crippen LogP contribution in [0.2, 0.25) is 0 Å². The third kappa shape index (κ3) is 3.64. The van der Waals surface area contributed by atoms with Gasteiger partial charge in [0.1, 0.15) is 18.2 Å². The van der Waals surface area contributed by atoms with Crippen LogP contribution in [0.25, 0.3) is 0 Å². The van der Waals surface area contributed by atoms with Crippen LogP contribution in [0.3, 0.4) is 0 Å². The SMILES string of the molecule is CCC(=O)Nc1nc2c(cc1Cc1ccc(F)cc1)NC(C)CO2. The number of halogens is 1. The highest BCUT2D eigenvalue weighted by molar-refractivity contribution is 5.90. The van der Waals surface area contributed by atoms with Crippen LogP contribution in [0.4, 0.5) is 15.9 Å². The normalized spacial score (nSPS) is 15.9. The fraction of sp³-hybridized carbons (Fsp3) is 0.333. The first kappa shape index (κ1) is 16.2. The fourth-order valence-electron chi connectivity index (χ4n) is 2.55.